The Labute approximate surface area is 132 Å². The lowest BCUT2D eigenvalue weighted by Crippen LogP contribution is -2.10. The fourth-order valence-electron chi connectivity index (χ4n) is 2.13. The summed E-state index contributed by atoms with van der Waals surface area (Å²) < 4.78 is 16.3. The molecule has 0 saturated heterocycles. The van der Waals surface area contributed by atoms with E-state index in [9.17, 15) is 0 Å². The first-order valence-corrected chi connectivity index (χ1v) is 7.37. The van der Waals surface area contributed by atoms with Gasteiger partial charge in [-0.1, -0.05) is 45.0 Å². The number of rotatable bonds is 5. The van der Waals surface area contributed by atoms with E-state index in [1.165, 1.54) is 5.56 Å². The quantitative estimate of drug-likeness (QED) is 0.809. The van der Waals surface area contributed by atoms with Gasteiger partial charge in [0, 0.05) is 18.2 Å². The minimum Gasteiger partial charge on any atom is -0.496 e. The molecule has 0 atom stereocenters. The van der Waals surface area contributed by atoms with Crippen LogP contribution < -0.4 is 14.2 Å². The molecule has 2 aromatic rings. The summed E-state index contributed by atoms with van der Waals surface area (Å²) in [5, 5.41) is 0. The molecule has 0 aromatic heterocycles. The van der Waals surface area contributed by atoms with Crippen molar-refractivity contribution in [2.75, 3.05) is 14.2 Å². The highest BCUT2D eigenvalue weighted by molar-refractivity contribution is 5.42. The van der Waals surface area contributed by atoms with E-state index >= 15 is 0 Å². The molecule has 0 saturated carbocycles. The van der Waals surface area contributed by atoms with Crippen LogP contribution in [0.3, 0.4) is 0 Å². The number of methoxy groups -OCH3 is 2. The second-order valence-corrected chi connectivity index (χ2v) is 6.28. The predicted molar refractivity (Wildman–Crippen MR) is 89.0 cm³/mol. The molecule has 0 radical (unpaired) electrons. The van der Waals surface area contributed by atoms with Crippen LogP contribution in [0.15, 0.2) is 42.5 Å². The van der Waals surface area contributed by atoms with Crippen molar-refractivity contribution in [2.45, 2.75) is 32.8 Å². The van der Waals surface area contributed by atoms with Gasteiger partial charge in [-0.3, -0.25) is 0 Å². The number of hydrogen-bond acceptors (Lipinski definition) is 3. The van der Waals surface area contributed by atoms with Crippen LogP contribution in [0.5, 0.6) is 17.2 Å². The van der Waals surface area contributed by atoms with E-state index in [0.29, 0.717) is 6.61 Å². The summed E-state index contributed by atoms with van der Waals surface area (Å²) in [5.41, 5.74) is 2.62. The van der Waals surface area contributed by atoms with Crippen LogP contribution in [0.25, 0.3) is 0 Å². The molecular formula is C19H24O3. The Morgan fingerprint density at radius 3 is 1.73 bits per heavy atom. The second-order valence-electron chi connectivity index (χ2n) is 6.28. The molecule has 22 heavy (non-hydrogen) atoms. The lowest BCUT2D eigenvalue weighted by Gasteiger charge is -2.19. The van der Waals surface area contributed by atoms with E-state index in [1.807, 2.05) is 18.2 Å². The fraction of sp³-hybridized carbons (Fsp3) is 0.368. The first kappa shape index (κ1) is 16.2. The zero-order valence-electron chi connectivity index (χ0n) is 14.0. The zero-order chi connectivity index (χ0) is 16.2. The summed E-state index contributed by atoms with van der Waals surface area (Å²) in [6.07, 6.45) is 0. The van der Waals surface area contributed by atoms with Crippen LogP contribution in [0.1, 0.15) is 31.9 Å². The van der Waals surface area contributed by atoms with Gasteiger partial charge in [0.25, 0.3) is 0 Å². The minimum atomic E-state index is 0.166. The van der Waals surface area contributed by atoms with Crippen molar-refractivity contribution in [3.63, 3.8) is 0 Å². The molecular weight excluding hydrogens is 276 g/mol. The molecule has 0 aliphatic rings. The summed E-state index contributed by atoms with van der Waals surface area (Å²) in [6.45, 7) is 7.14. The Balaban J connectivity index is 2.06. The maximum absolute atomic E-state index is 5.84. The Bertz CT molecular complexity index is 587. The van der Waals surface area contributed by atoms with Gasteiger partial charge in [0.15, 0.2) is 0 Å². The maximum Gasteiger partial charge on any atom is 0.127 e. The molecule has 0 amide bonds. The Kier molecular flexibility index (Phi) is 4.96. The van der Waals surface area contributed by atoms with Gasteiger partial charge in [0.2, 0.25) is 0 Å². The highest BCUT2D eigenvalue weighted by Gasteiger charge is 2.12. The molecule has 0 heterocycles. The van der Waals surface area contributed by atoms with Crippen molar-refractivity contribution in [3.05, 3.63) is 53.6 Å². The van der Waals surface area contributed by atoms with Crippen molar-refractivity contribution < 1.29 is 14.2 Å². The van der Waals surface area contributed by atoms with Crippen LogP contribution in [0.4, 0.5) is 0 Å². The van der Waals surface area contributed by atoms with Gasteiger partial charge >= 0.3 is 0 Å². The summed E-state index contributed by atoms with van der Waals surface area (Å²) in [7, 11) is 3.26. The van der Waals surface area contributed by atoms with Crippen LogP contribution >= 0.6 is 0 Å². The summed E-state index contributed by atoms with van der Waals surface area (Å²) in [6, 6.07) is 14.1. The molecule has 0 aliphatic heterocycles. The summed E-state index contributed by atoms with van der Waals surface area (Å²) in [4.78, 5) is 0. The van der Waals surface area contributed by atoms with Crippen molar-refractivity contribution in [3.8, 4) is 17.2 Å². The number of benzene rings is 2. The smallest absolute Gasteiger partial charge is 0.127 e. The molecule has 3 nitrogen and oxygen atoms in total. The van der Waals surface area contributed by atoms with Gasteiger partial charge < -0.3 is 14.2 Å². The number of hydrogen-bond donors (Lipinski definition) is 0. The second kappa shape index (κ2) is 6.73. The lowest BCUT2D eigenvalue weighted by molar-refractivity contribution is 0.300. The van der Waals surface area contributed by atoms with E-state index in [0.717, 1.165) is 22.8 Å². The topological polar surface area (TPSA) is 27.7 Å². The third kappa shape index (κ3) is 4.17. The van der Waals surface area contributed by atoms with Crippen molar-refractivity contribution in [1.82, 2.24) is 0 Å². The van der Waals surface area contributed by atoms with Gasteiger partial charge in [-0.2, -0.15) is 0 Å². The highest BCUT2D eigenvalue weighted by atomic mass is 16.5. The third-order valence-electron chi connectivity index (χ3n) is 3.55. The first-order chi connectivity index (χ1) is 10.4. The lowest BCUT2D eigenvalue weighted by atomic mass is 9.87. The van der Waals surface area contributed by atoms with Crippen LogP contribution in [0.2, 0.25) is 0 Å². The molecule has 0 unspecified atom stereocenters. The highest BCUT2D eigenvalue weighted by Crippen LogP contribution is 2.28. The molecule has 2 rings (SSSR count). The molecule has 0 fully saturated rings. The van der Waals surface area contributed by atoms with Crippen molar-refractivity contribution in [2.24, 2.45) is 0 Å². The average Bonchev–Trinajstić information content (AvgIpc) is 2.52. The van der Waals surface area contributed by atoms with Crippen molar-refractivity contribution >= 4 is 0 Å². The van der Waals surface area contributed by atoms with E-state index in [4.69, 9.17) is 14.2 Å². The SMILES string of the molecule is COc1cc(OC)cc(OCc2ccc(C(C)(C)C)cc2)c1. The normalized spacial score (nSPS) is 11.1. The Morgan fingerprint density at radius 2 is 1.27 bits per heavy atom. The van der Waals surface area contributed by atoms with Crippen LogP contribution in [-0.4, -0.2) is 14.2 Å². The molecule has 0 spiro atoms. The third-order valence-corrected chi connectivity index (χ3v) is 3.55. The monoisotopic (exact) mass is 300 g/mol. The summed E-state index contributed by atoms with van der Waals surface area (Å²) >= 11 is 0. The molecule has 2 aromatic carbocycles. The molecule has 3 heteroatoms. The van der Waals surface area contributed by atoms with E-state index in [1.54, 1.807) is 14.2 Å². The van der Waals surface area contributed by atoms with Crippen LogP contribution in [0, 0.1) is 0 Å². The van der Waals surface area contributed by atoms with Gasteiger partial charge in [-0.25, -0.2) is 0 Å². The zero-order valence-corrected chi connectivity index (χ0v) is 14.0. The van der Waals surface area contributed by atoms with E-state index in [2.05, 4.69) is 45.0 Å². The predicted octanol–water partition coefficient (Wildman–Crippen LogP) is 4.58. The Hall–Kier alpha value is -2.16. The molecule has 118 valence electrons. The average molecular weight is 300 g/mol. The first-order valence-electron chi connectivity index (χ1n) is 7.37. The standard InChI is InChI=1S/C19H24O3/c1-19(2,3)15-8-6-14(7-9-15)13-22-18-11-16(20-4)10-17(12-18)21-5/h6-12H,13H2,1-5H3. The largest absolute Gasteiger partial charge is 0.496 e. The van der Waals surface area contributed by atoms with Gasteiger partial charge in [-0.15, -0.1) is 0 Å². The molecule has 0 aliphatic carbocycles. The molecule has 0 bridgehead atoms. The Morgan fingerprint density at radius 1 is 0.773 bits per heavy atom. The van der Waals surface area contributed by atoms with Crippen LogP contribution in [-0.2, 0) is 12.0 Å². The van der Waals surface area contributed by atoms with E-state index in [-0.39, 0.29) is 5.41 Å². The fourth-order valence-corrected chi connectivity index (χ4v) is 2.13. The molecule has 0 N–H and O–H groups in total. The van der Waals surface area contributed by atoms with E-state index < -0.39 is 0 Å². The van der Waals surface area contributed by atoms with Gasteiger partial charge in [0.1, 0.15) is 23.9 Å². The minimum absolute atomic E-state index is 0.166. The maximum atomic E-state index is 5.84. The van der Waals surface area contributed by atoms with Gasteiger partial charge in [-0.05, 0) is 16.5 Å². The summed E-state index contributed by atoms with van der Waals surface area (Å²) in [5.74, 6) is 2.17. The van der Waals surface area contributed by atoms with Crippen molar-refractivity contribution in [1.29, 1.82) is 0 Å². The van der Waals surface area contributed by atoms with Gasteiger partial charge in [0.05, 0.1) is 14.2 Å². The number of ether oxygens (including phenoxy) is 3.